The smallest absolute Gasteiger partial charge is 0.270 e. The van der Waals surface area contributed by atoms with Gasteiger partial charge in [0.15, 0.2) is 0 Å². The standard InChI is InChI=1S/C14H13BrN2O2/c1-2-16-14(18)13-9-12(6-7-17-13)19-11-5-3-4-10(15)8-11/h3-9H,2H2,1H3,(H,16,18). The van der Waals surface area contributed by atoms with E-state index in [1.807, 2.05) is 31.2 Å². The Morgan fingerprint density at radius 3 is 2.84 bits per heavy atom. The van der Waals surface area contributed by atoms with E-state index in [-0.39, 0.29) is 5.91 Å². The van der Waals surface area contributed by atoms with E-state index in [0.29, 0.717) is 23.7 Å². The van der Waals surface area contributed by atoms with Gasteiger partial charge in [0, 0.05) is 23.3 Å². The molecule has 0 aliphatic heterocycles. The van der Waals surface area contributed by atoms with Crippen molar-refractivity contribution in [2.24, 2.45) is 0 Å². The van der Waals surface area contributed by atoms with Crippen molar-refractivity contribution in [2.75, 3.05) is 6.54 Å². The third kappa shape index (κ3) is 3.79. The Labute approximate surface area is 119 Å². The number of hydrogen-bond donors (Lipinski definition) is 1. The molecule has 0 unspecified atom stereocenters. The third-order valence-electron chi connectivity index (χ3n) is 2.33. The first-order valence-electron chi connectivity index (χ1n) is 5.86. The Morgan fingerprint density at radius 1 is 1.32 bits per heavy atom. The lowest BCUT2D eigenvalue weighted by atomic mass is 10.3. The Balaban J connectivity index is 2.17. The van der Waals surface area contributed by atoms with Gasteiger partial charge in [0.05, 0.1) is 0 Å². The molecule has 1 amide bonds. The highest BCUT2D eigenvalue weighted by Crippen LogP contribution is 2.24. The first-order valence-corrected chi connectivity index (χ1v) is 6.66. The molecule has 0 fully saturated rings. The number of pyridine rings is 1. The van der Waals surface area contributed by atoms with Crippen LogP contribution in [-0.4, -0.2) is 17.4 Å². The molecule has 1 aromatic heterocycles. The normalized spacial score (nSPS) is 10.0. The largest absolute Gasteiger partial charge is 0.457 e. The average molecular weight is 321 g/mol. The van der Waals surface area contributed by atoms with E-state index in [1.165, 1.54) is 0 Å². The fraction of sp³-hybridized carbons (Fsp3) is 0.143. The monoisotopic (exact) mass is 320 g/mol. The van der Waals surface area contributed by atoms with Gasteiger partial charge in [-0.25, -0.2) is 0 Å². The van der Waals surface area contributed by atoms with E-state index in [0.717, 1.165) is 4.47 Å². The van der Waals surface area contributed by atoms with Crippen LogP contribution in [-0.2, 0) is 0 Å². The van der Waals surface area contributed by atoms with Crippen LogP contribution in [0.15, 0.2) is 47.1 Å². The highest BCUT2D eigenvalue weighted by atomic mass is 79.9. The summed E-state index contributed by atoms with van der Waals surface area (Å²) in [5, 5.41) is 2.70. The van der Waals surface area contributed by atoms with Gasteiger partial charge in [0.25, 0.3) is 5.91 Å². The summed E-state index contributed by atoms with van der Waals surface area (Å²) in [6.45, 7) is 2.43. The van der Waals surface area contributed by atoms with Crippen molar-refractivity contribution in [1.82, 2.24) is 10.3 Å². The molecule has 2 aromatic rings. The van der Waals surface area contributed by atoms with Gasteiger partial charge in [0.2, 0.25) is 0 Å². The number of hydrogen-bond acceptors (Lipinski definition) is 3. The lowest BCUT2D eigenvalue weighted by Crippen LogP contribution is -2.23. The summed E-state index contributed by atoms with van der Waals surface area (Å²) in [6, 6.07) is 10.8. The summed E-state index contributed by atoms with van der Waals surface area (Å²) in [4.78, 5) is 15.7. The van der Waals surface area contributed by atoms with Crippen molar-refractivity contribution < 1.29 is 9.53 Å². The van der Waals surface area contributed by atoms with Crippen LogP contribution >= 0.6 is 15.9 Å². The Kier molecular flexibility index (Phi) is 4.52. The van der Waals surface area contributed by atoms with Crippen molar-refractivity contribution in [3.8, 4) is 11.5 Å². The van der Waals surface area contributed by atoms with Crippen molar-refractivity contribution in [2.45, 2.75) is 6.92 Å². The minimum absolute atomic E-state index is 0.206. The van der Waals surface area contributed by atoms with Crippen LogP contribution in [0.5, 0.6) is 11.5 Å². The third-order valence-corrected chi connectivity index (χ3v) is 2.83. The van der Waals surface area contributed by atoms with Gasteiger partial charge in [-0.1, -0.05) is 22.0 Å². The number of carbonyl (C=O) groups excluding carboxylic acids is 1. The van der Waals surface area contributed by atoms with Gasteiger partial charge in [-0.3, -0.25) is 9.78 Å². The van der Waals surface area contributed by atoms with Gasteiger partial charge in [0.1, 0.15) is 17.2 Å². The summed E-state index contributed by atoms with van der Waals surface area (Å²) in [6.07, 6.45) is 1.55. The van der Waals surface area contributed by atoms with Crippen molar-refractivity contribution >= 4 is 21.8 Å². The molecule has 0 radical (unpaired) electrons. The zero-order valence-electron chi connectivity index (χ0n) is 10.4. The Morgan fingerprint density at radius 2 is 2.11 bits per heavy atom. The molecule has 0 saturated heterocycles. The maximum Gasteiger partial charge on any atom is 0.270 e. The van der Waals surface area contributed by atoms with E-state index >= 15 is 0 Å². The highest BCUT2D eigenvalue weighted by Gasteiger charge is 2.07. The second-order valence-corrected chi connectivity index (χ2v) is 4.71. The fourth-order valence-corrected chi connectivity index (χ4v) is 1.89. The van der Waals surface area contributed by atoms with Crippen molar-refractivity contribution in [3.63, 3.8) is 0 Å². The van der Waals surface area contributed by atoms with E-state index in [9.17, 15) is 4.79 Å². The summed E-state index contributed by atoms with van der Waals surface area (Å²) in [5.74, 6) is 1.07. The number of rotatable bonds is 4. The molecule has 1 N–H and O–H groups in total. The van der Waals surface area contributed by atoms with Crippen LogP contribution in [0.3, 0.4) is 0 Å². The lowest BCUT2D eigenvalue weighted by Gasteiger charge is -2.07. The number of amides is 1. The zero-order valence-corrected chi connectivity index (χ0v) is 12.0. The summed E-state index contributed by atoms with van der Waals surface area (Å²) in [5.41, 5.74) is 0.342. The molecule has 19 heavy (non-hydrogen) atoms. The van der Waals surface area contributed by atoms with Gasteiger partial charge >= 0.3 is 0 Å². The van der Waals surface area contributed by atoms with E-state index in [1.54, 1.807) is 18.3 Å². The SMILES string of the molecule is CCNC(=O)c1cc(Oc2cccc(Br)c2)ccn1. The number of nitrogens with one attached hydrogen (secondary N) is 1. The van der Waals surface area contributed by atoms with Gasteiger partial charge < -0.3 is 10.1 Å². The first-order chi connectivity index (χ1) is 9.19. The van der Waals surface area contributed by atoms with Crippen LogP contribution in [0.1, 0.15) is 17.4 Å². The van der Waals surface area contributed by atoms with Crippen LogP contribution in [0.2, 0.25) is 0 Å². The fourth-order valence-electron chi connectivity index (χ4n) is 1.52. The Bertz CT molecular complexity index is 587. The summed E-state index contributed by atoms with van der Waals surface area (Å²) >= 11 is 3.38. The van der Waals surface area contributed by atoms with E-state index in [2.05, 4.69) is 26.2 Å². The zero-order chi connectivity index (χ0) is 13.7. The maximum absolute atomic E-state index is 11.7. The predicted octanol–water partition coefficient (Wildman–Crippen LogP) is 3.39. The highest BCUT2D eigenvalue weighted by molar-refractivity contribution is 9.10. The maximum atomic E-state index is 11.7. The molecule has 0 bridgehead atoms. The van der Waals surface area contributed by atoms with Crippen LogP contribution in [0, 0.1) is 0 Å². The number of benzene rings is 1. The number of halogens is 1. The molecule has 98 valence electrons. The predicted molar refractivity (Wildman–Crippen MR) is 76.5 cm³/mol. The number of nitrogens with zero attached hydrogens (tertiary/aromatic N) is 1. The molecule has 0 saturated carbocycles. The quantitative estimate of drug-likeness (QED) is 0.939. The molecule has 0 spiro atoms. The molecule has 4 nitrogen and oxygen atoms in total. The number of ether oxygens (including phenoxy) is 1. The van der Waals surface area contributed by atoms with Crippen molar-refractivity contribution in [1.29, 1.82) is 0 Å². The average Bonchev–Trinajstić information content (AvgIpc) is 2.39. The van der Waals surface area contributed by atoms with E-state index in [4.69, 9.17) is 4.74 Å². The minimum Gasteiger partial charge on any atom is -0.457 e. The van der Waals surface area contributed by atoms with Crippen LogP contribution in [0.4, 0.5) is 0 Å². The lowest BCUT2D eigenvalue weighted by molar-refractivity contribution is 0.0950. The second-order valence-electron chi connectivity index (χ2n) is 3.80. The molecular weight excluding hydrogens is 308 g/mol. The van der Waals surface area contributed by atoms with Crippen molar-refractivity contribution in [3.05, 3.63) is 52.8 Å². The molecule has 0 atom stereocenters. The van der Waals surface area contributed by atoms with Gasteiger partial charge in [-0.05, 0) is 31.2 Å². The summed E-state index contributed by atoms with van der Waals surface area (Å²) < 4.78 is 6.61. The molecule has 0 aliphatic carbocycles. The number of aromatic nitrogens is 1. The second kappa shape index (κ2) is 6.33. The molecule has 1 heterocycles. The van der Waals surface area contributed by atoms with Crippen LogP contribution in [0.25, 0.3) is 0 Å². The van der Waals surface area contributed by atoms with E-state index < -0.39 is 0 Å². The molecule has 2 rings (SSSR count). The minimum atomic E-state index is -0.206. The molecule has 0 aliphatic rings. The Hall–Kier alpha value is -1.88. The van der Waals surface area contributed by atoms with Crippen LogP contribution < -0.4 is 10.1 Å². The first kappa shape index (κ1) is 13.5. The van der Waals surface area contributed by atoms with Gasteiger partial charge in [-0.2, -0.15) is 0 Å². The molecule has 5 heteroatoms. The molecular formula is C14H13BrN2O2. The number of carbonyl (C=O) groups is 1. The molecule has 1 aromatic carbocycles. The topological polar surface area (TPSA) is 51.2 Å². The van der Waals surface area contributed by atoms with Gasteiger partial charge in [-0.15, -0.1) is 0 Å². The summed E-state index contributed by atoms with van der Waals surface area (Å²) in [7, 11) is 0.